The molecule has 204 valence electrons. The van der Waals surface area contributed by atoms with Crippen molar-refractivity contribution in [1.82, 2.24) is 20.5 Å². The van der Waals surface area contributed by atoms with Crippen molar-refractivity contribution >= 4 is 23.4 Å². The summed E-state index contributed by atoms with van der Waals surface area (Å²) in [5.74, 6) is -5.77. The average molecular weight is 529 g/mol. The number of hydrogen-bond donors (Lipinski definition) is 3. The molecule has 1 aromatic heterocycles. The normalized spacial score (nSPS) is 29.2. The molecule has 4 heterocycles. The minimum atomic E-state index is -3.09. The fraction of sp³-hybridized carbons (Fsp3) is 0.667. The van der Waals surface area contributed by atoms with Crippen molar-refractivity contribution in [1.29, 1.82) is 5.26 Å². The molecule has 3 aliphatic heterocycles. The molecular weight excluding hydrogens is 494 g/mol. The van der Waals surface area contributed by atoms with E-state index in [9.17, 15) is 19.6 Å². The highest BCUT2D eigenvalue weighted by Gasteiger charge is 2.61. The Morgan fingerprint density at radius 3 is 2.66 bits per heavy atom. The number of piperidine rings is 2. The Kier molecular flexibility index (Phi) is 7.25. The van der Waals surface area contributed by atoms with Gasteiger partial charge in [0.15, 0.2) is 0 Å². The first-order valence-corrected chi connectivity index (χ1v) is 13.5. The number of amides is 3. The lowest BCUT2D eigenvalue weighted by atomic mass is 9.71. The zero-order chi connectivity index (χ0) is 27.0. The smallest absolute Gasteiger partial charge is 0.255 e. The molecule has 6 atom stereocenters. The molecule has 1 aromatic rings. The van der Waals surface area contributed by atoms with Gasteiger partial charge in [-0.3, -0.25) is 19.4 Å². The molecule has 0 unspecified atom stereocenters. The second kappa shape index (κ2) is 10.5. The largest absolute Gasteiger partial charge is 0.372 e. The Hall–Kier alpha value is -3.29. The third kappa shape index (κ3) is 5.45. The number of aryl methyl sites for hydroxylation is 1. The number of nitrogens with one attached hydrogen (secondary N) is 3. The van der Waals surface area contributed by atoms with Crippen LogP contribution in [-0.4, -0.2) is 64.2 Å². The van der Waals surface area contributed by atoms with Crippen molar-refractivity contribution in [2.75, 3.05) is 11.9 Å². The molecule has 6 rings (SSSR count). The molecule has 2 saturated carbocycles. The molecule has 11 heteroatoms. The van der Waals surface area contributed by atoms with Crippen LogP contribution in [0.2, 0.25) is 0 Å². The van der Waals surface area contributed by atoms with Crippen LogP contribution in [0.25, 0.3) is 0 Å². The SMILES string of the molecule is Cc1cncc(N[C@H](CC2CC2)C(=O)N2[C@@H]3CC[C@H]([C@H]2C(=O)N[C@H](C#N)C[C@H]2CCNC2=O)C(F)(F)C3)c1. The van der Waals surface area contributed by atoms with Crippen LogP contribution in [-0.2, 0) is 14.4 Å². The first-order chi connectivity index (χ1) is 18.2. The van der Waals surface area contributed by atoms with E-state index in [2.05, 4.69) is 20.9 Å². The van der Waals surface area contributed by atoms with E-state index in [4.69, 9.17) is 0 Å². The summed E-state index contributed by atoms with van der Waals surface area (Å²) in [4.78, 5) is 45.1. The first kappa shape index (κ1) is 26.3. The maximum Gasteiger partial charge on any atom is 0.255 e. The molecule has 0 spiro atoms. The van der Waals surface area contributed by atoms with Gasteiger partial charge >= 0.3 is 0 Å². The van der Waals surface area contributed by atoms with E-state index < -0.39 is 54.3 Å². The molecular formula is C27H34F2N6O3. The zero-order valence-electron chi connectivity index (χ0n) is 21.5. The summed E-state index contributed by atoms with van der Waals surface area (Å²) in [5.41, 5.74) is 1.58. The highest BCUT2D eigenvalue weighted by atomic mass is 19.3. The van der Waals surface area contributed by atoms with Gasteiger partial charge in [-0.2, -0.15) is 5.26 Å². The number of hydrogen-bond acceptors (Lipinski definition) is 6. The molecule has 2 bridgehead atoms. The summed E-state index contributed by atoms with van der Waals surface area (Å²) in [6.45, 7) is 2.39. The summed E-state index contributed by atoms with van der Waals surface area (Å²) in [5, 5.41) is 18.2. The molecule has 3 N–H and O–H groups in total. The number of aromatic nitrogens is 1. The van der Waals surface area contributed by atoms with Gasteiger partial charge in [-0.25, -0.2) is 8.78 Å². The maximum atomic E-state index is 15.1. The number of carbonyl (C=O) groups is 3. The van der Waals surface area contributed by atoms with Crippen molar-refractivity contribution in [3.63, 3.8) is 0 Å². The average Bonchev–Trinajstić information content (AvgIpc) is 3.61. The van der Waals surface area contributed by atoms with Gasteiger partial charge in [0.2, 0.25) is 17.7 Å². The third-order valence-electron chi connectivity index (χ3n) is 8.39. The summed E-state index contributed by atoms with van der Waals surface area (Å²) in [7, 11) is 0. The number of pyridine rings is 1. The number of rotatable bonds is 9. The summed E-state index contributed by atoms with van der Waals surface area (Å²) < 4.78 is 30.2. The molecule has 0 radical (unpaired) electrons. The number of alkyl halides is 2. The predicted molar refractivity (Wildman–Crippen MR) is 134 cm³/mol. The molecule has 3 amide bonds. The van der Waals surface area contributed by atoms with Crippen molar-refractivity contribution in [3.8, 4) is 6.07 Å². The molecule has 38 heavy (non-hydrogen) atoms. The van der Waals surface area contributed by atoms with Gasteiger partial charge in [-0.1, -0.05) is 12.8 Å². The predicted octanol–water partition coefficient (Wildman–Crippen LogP) is 2.52. The van der Waals surface area contributed by atoms with E-state index in [1.165, 1.54) is 4.90 Å². The van der Waals surface area contributed by atoms with Gasteiger partial charge in [0.25, 0.3) is 5.92 Å². The van der Waals surface area contributed by atoms with Crippen LogP contribution in [0.4, 0.5) is 14.5 Å². The van der Waals surface area contributed by atoms with Crippen LogP contribution in [0.5, 0.6) is 0 Å². The van der Waals surface area contributed by atoms with E-state index in [-0.39, 0.29) is 24.7 Å². The fourth-order valence-electron chi connectivity index (χ4n) is 6.30. The minimum absolute atomic E-state index is 0.103. The van der Waals surface area contributed by atoms with Gasteiger partial charge in [-0.15, -0.1) is 0 Å². The number of halogens is 2. The molecule has 5 fully saturated rings. The van der Waals surface area contributed by atoms with Gasteiger partial charge in [0.05, 0.1) is 17.7 Å². The molecule has 9 nitrogen and oxygen atoms in total. The van der Waals surface area contributed by atoms with E-state index >= 15 is 8.78 Å². The van der Waals surface area contributed by atoms with Crippen molar-refractivity contribution in [3.05, 3.63) is 24.0 Å². The third-order valence-corrected chi connectivity index (χ3v) is 8.39. The number of nitrogens with zero attached hydrogens (tertiary/aromatic N) is 3. The van der Waals surface area contributed by atoms with E-state index in [1.54, 1.807) is 12.4 Å². The maximum absolute atomic E-state index is 15.1. The minimum Gasteiger partial charge on any atom is -0.372 e. The van der Waals surface area contributed by atoms with Crippen LogP contribution in [0.1, 0.15) is 56.9 Å². The second-order valence-corrected chi connectivity index (χ2v) is 11.3. The fourth-order valence-corrected chi connectivity index (χ4v) is 6.30. The lowest BCUT2D eigenvalue weighted by Crippen LogP contribution is -2.70. The highest BCUT2D eigenvalue weighted by molar-refractivity contribution is 5.92. The topological polar surface area (TPSA) is 127 Å². The van der Waals surface area contributed by atoms with Crippen LogP contribution in [0.15, 0.2) is 18.5 Å². The molecule has 2 aliphatic carbocycles. The Morgan fingerprint density at radius 2 is 2.03 bits per heavy atom. The molecule has 0 aromatic carbocycles. The van der Waals surface area contributed by atoms with Gasteiger partial charge in [-0.05, 0) is 56.6 Å². The van der Waals surface area contributed by atoms with Gasteiger partial charge in [0, 0.05) is 37.3 Å². The number of anilines is 1. The van der Waals surface area contributed by atoms with Crippen LogP contribution < -0.4 is 16.0 Å². The lowest BCUT2D eigenvalue weighted by Gasteiger charge is -2.54. The van der Waals surface area contributed by atoms with E-state index in [0.29, 0.717) is 37.4 Å². The monoisotopic (exact) mass is 528 g/mol. The lowest BCUT2D eigenvalue weighted by molar-refractivity contribution is -0.194. The Labute approximate surface area is 220 Å². The van der Waals surface area contributed by atoms with Gasteiger partial charge in [0.1, 0.15) is 18.1 Å². The van der Waals surface area contributed by atoms with Crippen molar-refractivity contribution in [2.24, 2.45) is 17.8 Å². The number of nitriles is 1. The van der Waals surface area contributed by atoms with Crippen LogP contribution >= 0.6 is 0 Å². The van der Waals surface area contributed by atoms with E-state index in [0.717, 1.165) is 18.4 Å². The standard InChI is InChI=1S/C27H34F2N6O3/c1-15-8-19(14-31-13-15)33-22(9-16-2-3-16)26(38)35-20-4-5-21(27(28,29)11-20)23(35)25(37)34-18(12-30)10-17-6-7-32-24(17)36/h8,13-14,16-18,20-23,33H,2-7,9-11H2,1H3,(H,32,36)(H,34,37)/t17-,18+,20-,21-,22-,23+/m1/s1. The van der Waals surface area contributed by atoms with Crippen molar-refractivity contribution in [2.45, 2.75) is 88.4 Å². The first-order valence-electron chi connectivity index (χ1n) is 13.5. The van der Waals surface area contributed by atoms with Crippen LogP contribution in [0.3, 0.4) is 0 Å². The summed E-state index contributed by atoms with van der Waals surface area (Å²) in [6.07, 6.45) is 6.59. The molecule has 3 saturated heterocycles. The van der Waals surface area contributed by atoms with Crippen LogP contribution in [0, 0.1) is 36.0 Å². The zero-order valence-corrected chi connectivity index (χ0v) is 21.5. The molecule has 5 aliphatic rings. The Balaban J connectivity index is 1.38. The quantitative estimate of drug-likeness (QED) is 0.452. The summed E-state index contributed by atoms with van der Waals surface area (Å²) in [6, 6.07) is 0.0408. The highest BCUT2D eigenvalue weighted by Crippen LogP contribution is 2.49. The van der Waals surface area contributed by atoms with E-state index in [1.807, 2.05) is 19.1 Å². The summed E-state index contributed by atoms with van der Waals surface area (Å²) >= 11 is 0. The van der Waals surface area contributed by atoms with Gasteiger partial charge < -0.3 is 20.9 Å². The number of fused-ring (bicyclic) bond motifs is 3. The van der Waals surface area contributed by atoms with Crippen molar-refractivity contribution < 1.29 is 23.2 Å². The number of carbonyl (C=O) groups excluding carboxylic acids is 3. The second-order valence-electron chi connectivity index (χ2n) is 11.3. The Morgan fingerprint density at radius 1 is 1.24 bits per heavy atom. The Bertz CT molecular complexity index is 1140.